The van der Waals surface area contributed by atoms with Gasteiger partial charge in [0, 0.05) is 23.1 Å². The zero-order valence-corrected chi connectivity index (χ0v) is 13.7. The van der Waals surface area contributed by atoms with Crippen LogP contribution < -0.4 is 5.32 Å². The van der Waals surface area contributed by atoms with Gasteiger partial charge < -0.3 is 10.4 Å². The van der Waals surface area contributed by atoms with Crippen molar-refractivity contribution in [1.29, 1.82) is 0 Å². The summed E-state index contributed by atoms with van der Waals surface area (Å²) >= 11 is 3.85. The summed E-state index contributed by atoms with van der Waals surface area (Å²) in [5.74, 6) is 0.589. The Morgan fingerprint density at radius 3 is 2.29 bits per heavy atom. The molecule has 21 heavy (non-hydrogen) atoms. The van der Waals surface area contributed by atoms with Gasteiger partial charge in [-0.05, 0) is 31.5 Å². The van der Waals surface area contributed by atoms with Gasteiger partial charge in [-0.25, -0.2) is 0 Å². The number of carbonyl (C=O) groups is 2. The van der Waals surface area contributed by atoms with Gasteiger partial charge in [-0.15, -0.1) is 23.5 Å². The van der Waals surface area contributed by atoms with Gasteiger partial charge >= 0.3 is 5.97 Å². The van der Waals surface area contributed by atoms with E-state index in [2.05, 4.69) is 5.32 Å². The molecule has 0 radical (unpaired) electrons. The molecule has 1 aliphatic heterocycles. The Morgan fingerprint density at radius 2 is 1.76 bits per heavy atom. The first-order chi connectivity index (χ1) is 9.99. The molecule has 0 saturated carbocycles. The second-order valence-electron chi connectivity index (χ2n) is 5.08. The van der Waals surface area contributed by atoms with Gasteiger partial charge in [0.2, 0.25) is 0 Å². The molecule has 1 aromatic carbocycles. The fraction of sp³-hybridized carbons (Fsp3) is 0.467. The molecule has 114 valence electrons. The SMILES string of the molecule is CC(NC(=O)c1ccc(C2SCCS2)cc1)C(C)C(=O)O. The summed E-state index contributed by atoms with van der Waals surface area (Å²) in [6.45, 7) is 3.29. The number of rotatable bonds is 5. The van der Waals surface area contributed by atoms with Crippen molar-refractivity contribution >= 4 is 35.4 Å². The predicted octanol–water partition coefficient (Wildman–Crippen LogP) is 3.00. The summed E-state index contributed by atoms with van der Waals surface area (Å²) < 4.78 is 0.466. The molecule has 1 heterocycles. The van der Waals surface area contributed by atoms with Gasteiger partial charge in [0.15, 0.2) is 0 Å². The minimum Gasteiger partial charge on any atom is -0.481 e. The molecule has 0 aliphatic carbocycles. The van der Waals surface area contributed by atoms with Gasteiger partial charge in [0.05, 0.1) is 10.5 Å². The van der Waals surface area contributed by atoms with E-state index in [1.807, 2.05) is 47.8 Å². The number of benzene rings is 1. The average Bonchev–Trinajstić information content (AvgIpc) is 3.00. The molecule has 2 rings (SSSR count). The highest BCUT2D eigenvalue weighted by Gasteiger charge is 2.22. The third kappa shape index (κ3) is 4.17. The Morgan fingerprint density at radius 1 is 1.19 bits per heavy atom. The minimum absolute atomic E-state index is 0.228. The van der Waals surface area contributed by atoms with Crippen LogP contribution in [0.2, 0.25) is 0 Å². The van der Waals surface area contributed by atoms with Crippen LogP contribution in [0.4, 0.5) is 0 Å². The number of aliphatic carboxylic acids is 1. The van der Waals surface area contributed by atoms with Crippen LogP contribution in [0.5, 0.6) is 0 Å². The smallest absolute Gasteiger partial charge is 0.308 e. The maximum absolute atomic E-state index is 12.1. The van der Waals surface area contributed by atoms with Crippen LogP contribution in [0.15, 0.2) is 24.3 Å². The summed E-state index contributed by atoms with van der Waals surface area (Å²) in [5, 5.41) is 11.7. The van der Waals surface area contributed by atoms with E-state index in [0.717, 1.165) is 0 Å². The Kier molecular flexibility index (Phi) is 5.58. The van der Waals surface area contributed by atoms with E-state index >= 15 is 0 Å². The largest absolute Gasteiger partial charge is 0.481 e. The number of carboxylic acids is 1. The van der Waals surface area contributed by atoms with Crippen LogP contribution in [-0.4, -0.2) is 34.5 Å². The van der Waals surface area contributed by atoms with E-state index < -0.39 is 17.9 Å². The molecule has 2 atom stereocenters. The van der Waals surface area contributed by atoms with Gasteiger partial charge in [-0.2, -0.15) is 0 Å². The van der Waals surface area contributed by atoms with Crippen molar-refractivity contribution in [1.82, 2.24) is 5.32 Å². The first-order valence-corrected chi connectivity index (χ1v) is 8.95. The van der Waals surface area contributed by atoms with Gasteiger partial charge in [-0.1, -0.05) is 12.1 Å². The third-order valence-corrected chi connectivity index (χ3v) is 6.67. The highest BCUT2D eigenvalue weighted by atomic mass is 32.2. The average molecular weight is 325 g/mol. The molecule has 0 spiro atoms. The molecule has 2 unspecified atom stereocenters. The number of hydrogen-bond acceptors (Lipinski definition) is 4. The van der Waals surface area contributed by atoms with Crippen LogP contribution in [0.1, 0.15) is 34.4 Å². The fourth-order valence-electron chi connectivity index (χ4n) is 1.97. The van der Waals surface area contributed by atoms with Crippen molar-refractivity contribution in [3.8, 4) is 0 Å². The van der Waals surface area contributed by atoms with Gasteiger partial charge in [0.1, 0.15) is 0 Å². The van der Waals surface area contributed by atoms with E-state index in [1.54, 1.807) is 13.8 Å². The molecule has 1 fully saturated rings. The summed E-state index contributed by atoms with van der Waals surface area (Å²) in [4.78, 5) is 23.0. The number of thioether (sulfide) groups is 2. The molecule has 1 saturated heterocycles. The highest BCUT2D eigenvalue weighted by molar-refractivity contribution is 8.19. The van der Waals surface area contributed by atoms with E-state index in [1.165, 1.54) is 17.1 Å². The van der Waals surface area contributed by atoms with Gasteiger partial charge in [-0.3, -0.25) is 9.59 Å². The van der Waals surface area contributed by atoms with Crippen LogP contribution in [0.25, 0.3) is 0 Å². The first-order valence-electron chi connectivity index (χ1n) is 6.86. The quantitative estimate of drug-likeness (QED) is 0.871. The van der Waals surface area contributed by atoms with Crippen molar-refractivity contribution in [2.24, 2.45) is 5.92 Å². The van der Waals surface area contributed by atoms with E-state index in [9.17, 15) is 9.59 Å². The van der Waals surface area contributed by atoms with Crippen LogP contribution in [0, 0.1) is 5.92 Å². The van der Waals surface area contributed by atoms with Crippen molar-refractivity contribution in [3.63, 3.8) is 0 Å². The highest BCUT2D eigenvalue weighted by Crippen LogP contribution is 2.45. The molecule has 6 heteroatoms. The zero-order valence-electron chi connectivity index (χ0n) is 12.0. The van der Waals surface area contributed by atoms with Crippen LogP contribution in [0.3, 0.4) is 0 Å². The Labute approximate surface area is 133 Å². The lowest BCUT2D eigenvalue weighted by molar-refractivity contribution is -0.141. The molecule has 1 amide bonds. The lowest BCUT2D eigenvalue weighted by Crippen LogP contribution is -2.40. The number of amides is 1. The second-order valence-corrected chi connectivity index (χ2v) is 7.81. The first kappa shape index (κ1) is 16.2. The molecule has 0 aromatic heterocycles. The lowest BCUT2D eigenvalue weighted by atomic mass is 10.0. The van der Waals surface area contributed by atoms with Crippen molar-refractivity contribution in [2.75, 3.05) is 11.5 Å². The third-order valence-electron chi connectivity index (χ3n) is 3.57. The van der Waals surface area contributed by atoms with Crippen molar-refractivity contribution in [2.45, 2.75) is 24.5 Å². The molecular weight excluding hydrogens is 306 g/mol. The second kappa shape index (κ2) is 7.22. The van der Waals surface area contributed by atoms with Crippen molar-refractivity contribution < 1.29 is 14.7 Å². The van der Waals surface area contributed by atoms with Crippen LogP contribution in [-0.2, 0) is 4.79 Å². The molecule has 0 bridgehead atoms. The van der Waals surface area contributed by atoms with Gasteiger partial charge in [0.25, 0.3) is 5.91 Å². The monoisotopic (exact) mass is 325 g/mol. The summed E-state index contributed by atoms with van der Waals surface area (Å²) in [6, 6.07) is 7.17. The Bertz CT molecular complexity index is 512. The standard InChI is InChI=1S/C15H19NO3S2/c1-9(14(18)19)10(2)16-13(17)11-3-5-12(6-4-11)15-20-7-8-21-15/h3-6,9-10,15H,7-8H2,1-2H3,(H,16,17)(H,18,19). The van der Waals surface area contributed by atoms with E-state index in [0.29, 0.717) is 10.1 Å². The number of hydrogen-bond donors (Lipinski definition) is 2. The minimum atomic E-state index is -0.909. The Hall–Kier alpha value is -1.14. The summed E-state index contributed by atoms with van der Waals surface area (Å²) in [6.07, 6.45) is 0. The molecule has 1 aromatic rings. The van der Waals surface area contributed by atoms with Crippen LogP contribution >= 0.6 is 23.5 Å². The van der Waals surface area contributed by atoms with E-state index in [4.69, 9.17) is 5.11 Å². The maximum atomic E-state index is 12.1. The van der Waals surface area contributed by atoms with Crippen molar-refractivity contribution in [3.05, 3.63) is 35.4 Å². The fourth-order valence-corrected chi connectivity index (χ4v) is 4.83. The molecule has 2 N–H and O–H groups in total. The lowest BCUT2D eigenvalue weighted by Gasteiger charge is -2.18. The predicted molar refractivity (Wildman–Crippen MR) is 87.8 cm³/mol. The Balaban J connectivity index is 1.98. The summed E-state index contributed by atoms with van der Waals surface area (Å²) in [7, 11) is 0. The number of carboxylic acid groups (broad SMARTS) is 1. The summed E-state index contributed by atoms with van der Waals surface area (Å²) in [5.41, 5.74) is 1.79. The molecular formula is C15H19NO3S2. The molecule has 1 aliphatic rings. The number of carbonyl (C=O) groups excluding carboxylic acids is 1. The normalized spacial score (nSPS) is 18.2. The number of nitrogens with one attached hydrogen (secondary N) is 1. The topological polar surface area (TPSA) is 66.4 Å². The zero-order chi connectivity index (χ0) is 15.4. The maximum Gasteiger partial charge on any atom is 0.308 e. The molecule has 4 nitrogen and oxygen atoms in total. The van der Waals surface area contributed by atoms with E-state index in [-0.39, 0.29) is 5.91 Å².